The Morgan fingerprint density at radius 1 is 0.470 bits per heavy atom. The predicted octanol–water partition coefficient (Wildman–Crippen LogP) is 14.2. The first-order valence-corrected chi connectivity index (χ1v) is 22.9. The van der Waals surface area contributed by atoms with Gasteiger partial charge >= 0.3 is 0 Å². The summed E-state index contributed by atoms with van der Waals surface area (Å²) in [7, 11) is 0. The molecule has 2 aliphatic heterocycles. The Kier molecular flexibility index (Phi) is 9.94. The Morgan fingerprint density at radius 3 is 1.86 bits per heavy atom. The second kappa shape index (κ2) is 16.7. The Hall–Kier alpha value is -8.28. The second-order valence-corrected chi connectivity index (χ2v) is 17.4. The SMILES string of the molecule is CC1NC2=C(C=CC(c3ccccc3-c3ccccc3)C2)N1c1ccc(-c2cccc(-c3ccccc3C3N=C(c4ccccc4)NC(c4cc5ccccc5c5ccccc45)=N3)c2)cc1. The van der Waals surface area contributed by atoms with Crippen molar-refractivity contribution < 1.29 is 0 Å². The van der Waals surface area contributed by atoms with Gasteiger partial charge in [0.1, 0.15) is 17.8 Å². The van der Waals surface area contributed by atoms with E-state index in [1.165, 1.54) is 55.5 Å². The summed E-state index contributed by atoms with van der Waals surface area (Å²) in [6.45, 7) is 2.25. The number of nitrogens with one attached hydrogen (secondary N) is 2. The molecular weight excluding hydrogens is 803 g/mol. The molecule has 5 heteroatoms. The number of hydrogen-bond acceptors (Lipinski definition) is 5. The number of nitrogens with zero attached hydrogens (tertiary/aromatic N) is 3. The van der Waals surface area contributed by atoms with Gasteiger partial charge in [-0.3, -0.25) is 0 Å². The standard InChI is InChI=1S/C61H47N5/c1-40-62-57-39-47(50-25-11-10-24-49(50)42-17-4-2-5-18-42)33-36-58(57)66(40)48-34-31-41(32-35-48)44-22-16-23-45(37-44)52-27-12-15-30-55(52)60-63-59(43-19-6-3-7-20-43)64-61(65-60)56-38-46-21-8-9-26-51(46)53-28-13-14-29-54(53)56/h2-38,40,47,60,62H,39H2,1H3,(H,63,64,65). The monoisotopic (exact) mass is 849 g/mol. The van der Waals surface area contributed by atoms with E-state index in [1.54, 1.807) is 0 Å². The smallest absolute Gasteiger partial charge is 0.170 e. The Bertz CT molecular complexity index is 3420. The number of fused-ring (bicyclic) bond motifs is 3. The van der Waals surface area contributed by atoms with Crippen molar-refractivity contribution in [2.45, 2.75) is 31.6 Å². The topological polar surface area (TPSA) is 52.0 Å². The van der Waals surface area contributed by atoms with Crippen molar-refractivity contribution in [3.8, 4) is 33.4 Å². The third kappa shape index (κ3) is 7.15. The van der Waals surface area contributed by atoms with Crippen LogP contribution in [0.4, 0.5) is 5.69 Å². The minimum absolute atomic E-state index is 0.136. The minimum atomic E-state index is -0.473. The lowest BCUT2D eigenvalue weighted by atomic mass is 9.85. The van der Waals surface area contributed by atoms with Crippen LogP contribution in [0.15, 0.2) is 246 Å². The Balaban J connectivity index is 0.853. The van der Waals surface area contributed by atoms with E-state index in [1.807, 2.05) is 6.07 Å². The number of hydrogen-bond donors (Lipinski definition) is 2. The predicted molar refractivity (Wildman–Crippen MR) is 275 cm³/mol. The lowest BCUT2D eigenvalue weighted by molar-refractivity contribution is 0.639. The highest BCUT2D eigenvalue weighted by molar-refractivity contribution is 6.23. The molecule has 0 bridgehead atoms. The van der Waals surface area contributed by atoms with Gasteiger partial charge < -0.3 is 15.5 Å². The summed E-state index contributed by atoms with van der Waals surface area (Å²) in [5.41, 5.74) is 15.3. The lowest BCUT2D eigenvalue weighted by Gasteiger charge is -2.27. The Morgan fingerprint density at radius 2 is 1.08 bits per heavy atom. The van der Waals surface area contributed by atoms with Gasteiger partial charge in [0, 0.05) is 34.0 Å². The van der Waals surface area contributed by atoms with Gasteiger partial charge in [-0.25, -0.2) is 9.98 Å². The molecular formula is C61H47N5. The van der Waals surface area contributed by atoms with E-state index < -0.39 is 6.17 Å². The van der Waals surface area contributed by atoms with E-state index in [0.29, 0.717) is 5.92 Å². The van der Waals surface area contributed by atoms with E-state index in [0.717, 1.165) is 56.9 Å². The maximum Gasteiger partial charge on any atom is 0.170 e. The largest absolute Gasteiger partial charge is 0.367 e. The summed E-state index contributed by atoms with van der Waals surface area (Å²) in [5, 5.41) is 12.3. The van der Waals surface area contributed by atoms with E-state index in [-0.39, 0.29) is 6.17 Å². The molecule has 3 aliphatic rings. The van der Waals surface area contributed by atoms with Crippen molar-refractivity contribution in [1.29, 1.82) is 0 Å². The molecule has 0 spiro atoms. The van der Waals surface area contributed by atoms with Gasteiger partial charge in [-0.15, -0.1) is 0 Å². The van der Waals surface area contributed by atoms with Crippen LogP contribution in [0.25, 0.3) is 54.9 Å². The van der Waals surface area contributed by atoms with Crippen LogP contribution >= 0.6 is 0 Å². The molecule has 3 unspecified atom stereocenters. The quantitative estimate of drug-likeness (QED) is 0.150. The van der Waals surface area contributed by atoms with Crippen molar-refractivity contribution in [3.63, 3.8) is 0 Å². The van der Waals surface area contributed by atoms with Crippen molar-refractivity contribution in [2.75, 3.05) is 4.90 Å². The van der Waals surface area contributed by atoms with Crippen LogP contribution in [-0.4, -0.2) is 17.8 Å². The van der Waals surface area contributed by atoms with Gasteiger partial charge in [-0.1, -0.05) is 194 Å². The molecule has 1 aliphatic carbocycles. The summed E-state index contributed by atoms with van der Waals surface area (Å²) >= 11 is 0. The number of benzene rings is 9. The molecule has 316 valence electrons. The molecule has 0 saturated heterocycles. The third-order valence-corrected chi connectivity index (χ3v) is 13.4. The van der Waals surface area contributed by atoms with Crippen molar-refractivity contribution >= 4 is 38.9 Å². The van der Waals surface area contributed by atoms with E-state index in [2.05, 4.69) is 241 Å². The van der Waals surface area contributed by atoms with Gasteiger partial charge in [-0.2, -0.15) is 0 Å². The second-order valence-electron chi connectivity index (χ2n) is 17.4. The molecule has 3 atom stereocenters. The number of aliphatic imine (C=N–C) groups is 2. The molecule has 9 aromatic carbocycles. The molecule has 2 N–H and O–H groups in total. The first-order chi connectivity index (χ1) is 32.6. The summed E-state index contributed by atoms with van der Waals surface area (Å²) in [6.07, 6.45) is 5.31. The van der Waals surface area contributed by atoms with E-state index >= 15 is 0 Å². The van der Waals surface area contributed by atoms with Crippen LogP contribution in [0.5, 0.6) is 0 Å². The first-order valence-electron chi connectivity index (χ1n) is 22.9. The Labute approximate surface area is 385 Å². The molecule has 0 radical (unpaired) electrons. The molecule has 2 heterocycles. The van der Waals surface area contributed by atoms with Crippen molar-refractivity contribution in [1.82, 2.24) is 10.6 Å². The van der Waals surface area contributed by atoms with Crippen LogP contribution in [0.2, 0.25) is 0 Å². The minimum Gasteiger partial charge on any atom is -0.367 e. The highest BCUT2D eigenvalue weighted by Gasteiger charge is 2.32. The average molecular weight is 850 g/mol. The molecule has 5 nitrogen and oxygen atoms in total. The maximum absolute atomic E-state index is 5.44. The van der Waals surface area contributed by atoms with Crippen LogP contribution in [-0.2, 0) is 0 Å². The molecule has 0 aromatic heterocycles. The van der Waals surface area contributed by atoms with Crippen LogP contribution in [0, 0.1) is 0 Å². The zero-order valence-electron chi connectivity index (χ0n) is 36.6. The normalized spacial score (nSPS) is 17.8. The van der Waals surface area contributed by atoms with Gasteiger partial charge in [0.05, 0.1) is 5.70 Å². The number of anilines is 1. The molecule has 66 heavy (non-hydrogen) atoms. The van der Waals surface area contributed by atoms with Gasteiger partial charge in [0.2, 0.25) is 0 Å². The van der Waals surface area contributed by atoms with Crippen LogP contribution < -0.4 is 15.5 Å². The fourth-order valence-electron chi connectivity index (χ4n) is 10.2. The molecule has 0 amide bonds. The molecule has 0 fully saturated rings. The van der Waals surface area contributed by atoms with E-state index in [9.17, 15) is 0 Å². The maximum atomic E-state index is 5.44. The average Bonchev–Trinajstić information content (AvgIpc) is 3.73. The van der Waals surface area contributed by atoms with Crippen molar-refractivity contribution in [3.05, 3.63) is 258 Å². The van der Waals surface area contributed by atoms with E-state index in [4.69, 9.17) is 9.98 Å². The number of amidine groups is 2. The summed E-state index contributed by atoms with van der Waals surface area (Å²) in [5.74, 6) is 1.90. The first kappa shape index (κ1) is 39.3. The summed E-state index contributed by atoms with van der Waals surface area (Å²) in [4.78, 5) is 13.2. The van der Waals surface area contributed by atoms with Gasteiger partial charge in [0.25, 0.3) is 0 Å². The highest BCUT2D eigenvalue weighted by Crippen LogP contribution is 2.42. The van der Waals surface area contributed by atoms with Crippen LogP contribution in [0.1, 0.15) is 47.7 Å². The molecule has 12 rings (SSSR count). The number of rotatable bonds is 8. The van der Waals surface area contributed by atoms with Gasteiger partial charge in [-0.05, 0) is 104 Å². The highest BCUT2D eigenvalue weighted by atomic mass is 15.3. The van der Waals surface area contributed by atoms with Crippen LogP contribution in [0.3, 0.4) is 0 Å². The molecule has 0 saturated carbocycles. The fraction of sp³-hybridized carbons (Fsp3) is 0.0820. The van der Waals surface area contributed by atoms with Gasteiger partial charge in [0.15, 0.2) is 6.17 Å². The summed E-state index contributed by atoms with van der Waals surface area (Å²) < 4.78 is 0. The third-order valence-electron chi connectivity index (χ3n) is 13.4. The number of allylic oxidation sites excluding steroid dienone is 3. The fourth-order valence-corrected chi connectivity index (χ4v) is 10.2. The summed E-state index contributed by atoms with van der Waals surface area (Å²) in [6, 6.07) is 75.9. The molecule has 9 aromatic rings. The van der Waals surface area contributed by atoms with Crippen molar-refractivity contribution in [2.24, 2.45) is 9.98 Å². The lowest BCUT2D eigenvalue weighted by Crippen LogP contribution is -2.36. The zero-order valence-corrected chi connectivity index (χ0v) is 36.6. The zero-order chi connectivity index (χ0) is 44.0.